The summed E-state index contributed by atoms with van der Waals surface area (Å²) < 4.78 is -0.731. The number of hydrogen-bond donors (Lipinski definition) is 0. The molecular formula is C10H8Cl2. The molecule has 0 radical (unpaired) electrons. The largest absolute Gasteiger partial charge is 0.147 e. The number of rotatable bonds is 0. The zero-order valence-corrected chi connectivity index (χ0v) is 7.94. The summed E-state index contributed by atoms with van der Waals surface area (Å²) in [6.07, 6.45) is 4.74. The van der Waals surface area contributed by atoms with Gasteiger partial charge in [0, 0.05) is 6.42 Å². The predicted octanol–water partition coefficient (Wildman–Crippen LogP) is 3.73. The molecule has 0 heterocycles. The molecule has 0 aromatic heterocycles. The van der Waals surface area contributed by atoms with Crippen molar-refractivity contribution in [2.75, 3.05) is 0 Å². The van der Waals surface area contributed by atoms with Gasteiger partial charge in [0.2, 0.25) is 0 Å². The van der Waals surface area contributed by atoms with Crippen molar-refractivity contribution in [1.82, 2.24) is 0 Å². The van der Waals surface area contributed by atoms with Crippen molar-refractivity contribution in [3.8, 4) is 0 Å². The van der Waals surface area contributed by atoms with E-state index < -0.39 is 4.33 Å². The molecule has 0 N–H and O–H groups in total. The molecule has 12 heavy (non-hydrogen) atoms. The van der Waals surface area contributed by atoms with Crippen LogP contribution in [0, 0.1) is 0 Å². The lowest BCUT2D eigenvalue weighted by Gasteiger charge is -2.23. The SMILES string of the molecule is ClC1(Cl)CC=Cc2ccccc21. The van der Waals surface area contributed by atoms with Gasteiger partial charge in [-0.05, 0) is 11.1 Å². The lowest BCUT2D eigenvalue weighted by Crippen LogP contribution is -2.13. The standard InChI is InChI=1S/C10H8Cl2/c11-10(12)7-3-5-8-4-1-2-6-9(8)10/h1-6H,7H2. The van der Waals surface area contributed by atoms with Gasteiger partial charge in [-0.3, -0.25) is 0 Å². The Kier molecular flexibility index (Phi) is 1.90. The quantitative estimate of drug-likeness (QED) is 0.558. The molecule has 0 amide bonds. The first-order valence-electron chi connectivity index (χ1n) is 3.84. The average molecular weight is 199 g/mol. The highest BCUT2D eigenvalue weighted by Gasteiger charge is 2.29. The minimum Gasteiger partial charge on any atom is -0.0959 e. The maximum atomic E-state index is 6.12. The third-order valence-corrected chi connectivity index (χ3v) is 2.74. The summed E-state index contributed by atoms with van der Waals surface area (Å²) in [5.41, 5.74) is 2.13. The fourth-order valence-electron chi connectivity index (χ4n) is 1.42. The Morgan fingerprint density at radius 1 is 1.17 bits per heavy atom. The van der Waals surface area contributed by atoms with Crippen molar-refractivity contribution in [2.45, 2.75) is 10.8 Å². The minimum absolute atomic E-state index is 0.688. The van der Waals surface area contributed by atoms with Gasteiger partial charge in [0.15, 0.2) is 0 Å². The first-order valence-corrected chi connectivity index (χ1v) is 4.60. The smallest absolute Gasteiger partial charge is 0.0959 e. The van der Waals surface area contributed by atoms with Crippen molar-refractivity contribution in [2.24, 2.45) is 0 Å². The van der Waals surface area contributed by atoms with E-state index in [1.165, 1.54) is 0 Å². The number of hydrogen-bond acceptors (Lipinski definition) is 0. The molecule has 0 saturated carbocycles. The van der Waals surface area contributed by atoms with Crippen LogP contribution in [0.4, 0.5) is 0 Å². The molecule has 0 saturated heterocycles. The lowest BCUT2D eigenvalue weighted by molar-refractivity contribution is 0.854. The number of alkyl halides is 2. The number of fused-ring (bicyclic) bond motifs is 1. The second kappa shape index (κ2) is 2.79. The number of allylic oxidation sites excluding steroid dienone is 1. The van der Waals surface area contributed by atoms with Crippen LogP contribution in [0.15, 0.2) is 30.3 Å². The summed E-state index contributed by atoms with van der Waals surface area (Å²) in [4.78, 5) is 0. The second-order valence-electron chi connectivity index (χ2n) is 2.90. The highest BCUT2D eigenvalue weighted by molar-refractivity contribution is 6.48. The highest BCUT2D eigenvalue weighted by atomic mass is 35.5. The topological polar surface area (TPSA) is 0 Å². The van der Waals surface area contributed by atoms with E-state index in [2.05, 4.69) is 6.08 Å². The van der Waals surface area contributed by atoms with Gasteiger partial charge in [-0.25, -0.2) is 0 Å². The van der Waals surface area contributed by atoms with Crippen molar-refractivity contribution >= 4 is 29.3 Å². The third kappa shape index (κ3) is 1.26. The molecule has 0 atom stereocenters. The van der Waals surface area contributed by atoms with Gasteiger partial charge >= 0.3 is 0 Å². The van der Waals surface area contributed by atoms with Gasteiger partial charge in [0.25, 0.3) is 0 Å². The number of benzene rings is 1. The van der Waals surface area contributed by atoms with Gasteiger partial charge in [-0.1, -0.05) is 59.6 Å². The first-order chi connectivity index (χ1) is 5.70. The second-order valence-corrected chi connectivity index (χ2v) is 4.38. The van der Waals surface area contributed by atoms with E-state index in [0.717, 1.165) is 11.1 Å². The van der Waals surface area contributed by atoms with Crippen LogP contribution in [0.2, 0.25) is 0 Å². The summed E-state index contributed by atoms with van der Waals surface area (Å²) in [6.45, 7) is 0. The molecule has 62 valence electrons. The van der Waals surface area contributed by atoms with Crippen LogP contribution in [0.3, 0.4) is 0 Å². The summed E-state index contributed by atoms with van der Waals surface area (Å²) in [5.74, 6) is 0. The Labute approximate surface area is 81.8 Å². The molecular weight excluding hydrogens is 191 g/mol. The lowest BCUT2D eigenvalue weighted by atomic mass is 9.97. The Balaban J connectivity index is 2.60. The van der Waals surface area contributed by atoms with E-state index in [1.54, 1.807) is 0 Å². The van der Waals surface area contributed by atoms with Crippen molar-refractivity contribution < 1.29 is 0 Å². The van der Waals surface area contributed by atoms with Crippen molar-refractivity contribution in [3.05, 3.63) is 41.5 Å². The summed E-state index contributed by atoms with van der Waals surface area (Å²) in [6, 6.07) is 7.93. The van der Waals surface area contributed by atoms with E-state index in [0.29, 0.717) is 6.42 Å². The van der Waals surface area contributed by atoms with Crippen LogP contribution < -0.4 is 0 Å². The van der Waals surface area contributed by atoms with Crippen LogP contribution in [0.1, 0.15) is 17.5 Å². The van der Waals surface area contributed by atoms with Crippen LogP contribution in [0.25, 0.3) is 6.08 Å². The van der Waals surface area contributed by atoms with E-state index in [9.17, 15) is 0 Å². The molecule has 1 aliphatic carbocycles. The average Bonchev–Trinajstić information content (AvgIpc) is 2.04. The van der Waals surface area contributed by atoms with Gasteiger partial charge in [-0.15, -0.1) is 0 Å². The fraction of sp³-hybridized carbons (Fsp3) is 0.200. The van der Waals surface area contributed by atoms with Gasteiger partial charge in [0.1, 0.15) is 4.33 Å². The van der Waals surface area contributed by atoms with Crippen LogP contribution >= 0.6 is 23.2 Å². The van der Waals surface area contributed by atoms with Crippen LogP contribution in [0.5, 0.6) is 0 Å². The zero-order valence-electron chi connectivity index (χ0n) is 6.43. The molecule has 0 unspecified atom stereocenters. The maximum absolute atomic E-state index is 6.12. The molecule has 1 aliphatic rings. The summed E-state index contributed by atoms with van der Waals surface area (Å²) >= 11 is 12.2. The van der Waals surface area contributed by atoms with Gasteiger partial charge in [-0.2, -0.15) is 0 Å². The third-order valence-electron chi connectivity index (χ3n) is 2.03. The monoisotopic (exact) mass is 198 g/mol. The Morgan fingerprint density at radius 2 is 1.92 bits per heavy atom. The van der Waals surface area contributed by atoms with Crippen molar-refractivity contribution in [3.63, 3.8) is 0 Å². The van der Waals surface area contributed by atoms with E-state index in [1.807, 2.05) is 30.3 Å². The summed E-state index contributed by atoms with van der Waals surface area (Å²) in [5, 5.41) is 0. The molecule has 0 bridgehead atoms. The Morgan fingerprint density at radius 3 is 2.67 bits per heavy atom. The predicted molar refractivity (Wildman–Crippen MR) is 53.5 cm³/mol. The molecule has 0 fully saturated rings. The fourth-order valence-corrected chi connectivity index (χ4v) is 1.94. The highest BCUT2D eigenvalue weighted by Crippen LogP contribution is 2.42. The van der Waals surface area contributed by atoms with Crippen LogP contribution in [-0.4, -0.2) is 0 Å². The summed E-state index contributed by atoms with van der Waals surface area (Å²) in [7, 11) is 0. The van der Waals surface area contributed by atoms with Gasteiger partial charge in [0.05, 0.1) is 0 Å². The van der Waals surface area contributed by atoms with Gasteiger partial charge < -0.3 is 0 Å². The molecule has 2 heteroatoms. The van der Waals surface area contributed by atoms with E-state index >= 15 is 0 Å². The van der Waals surface area contributed by atoms with Crippen LogP contribution in [-0.2, 0) is 4.33 Å². The Bertz CT molecular complexity index is 326. The molecule has 0 nitrogen and oxygen atoms in total. The Hall–Kier alpha value is -0.460. The van der Waals surface area contributed by atoms with Crippen molar-refractivity contribution in [1.29, 1.82) is 0 Å². The first kappa shape index (κ1) is 8.15. The minimum atomic E-state index is -0.731. The number of halogens is 2. The normalized spacial score (nSPS) is 18.8. The molecule has 1 aromatic carbocycles. The molecule has 0 aliphatic heterocycles. The van der Waals surface area contributed by atoms with E-state index in [-0.39, 0.29) is 0 Å². The molecule has 0 spiro atoms. The molecule has 2 rings (SSSR count). The van der Waals surface area contributed by atoms with E-state index in [4.69, 9.17) is 23.2 Å². The zero-order chi connectivity index (χ0) is 8.60. The maximum Gasteiger partial charge on any atom is 0.147 e. The molecule has 1 aromatic rings.